The zero-order valence-electron chi connectivity index (χ0n) is 16.9. The van der Waals surface area contributed by atoms with Crippen LogP contribution in [0.4, 0.5) is 5.82 Å². The molecule has 3 heterocycles. The van der Waals surface area contributed by atoms with Crippen LogP contribution in [-0.2, 0) is 4.79 Å². The van der Waals surface area contributed by atoms with Crippen LogP contribution in [0.3, 0.4) is 0 Å². The van der Waals surface area contributed by atoms with Crippen molar-refractivity contribution in [3.8, 4) is 5.75 Å². The van der Waals surface area contributed by atoms with Crippen LogP contribution in [0.5, 0.6) is 5.75 Å². The first-order valence-electron chi connectivity index (χ1n) is 10.1. The van der Waals surface area contributed by atoms with Gasteiger partial charge in [0.05, 0.1) is 12.0 Å². The van der Waals surface area contributed by atoms with Crippen LogP contribution in [0.2, 0.25) is 0 Å². The lowest BCUT2D eigenvalue weighted by atomic mass is 10.1. The molecule has 0 atom stereocenters. The molecule has 2 aromatic heterocycles. The average Bonchev–Trinajstić information content (AvgIpc) is 3.27. The molecule has 1 amide bonds. The largest absolute Gasteiger partial charge is 0.494 e. The molecular formula is C22H24N4O3S. The molecular weight excluding hydrogens is 400 g/mol. The number of benzene rings is 1. The number of nitrogens with zero attached hydrogens (tertiary/aromatic N) is 4. The highest BCUT2D eigenvalue weighted by molar-refractivity contribution is 7.16. The van der Waals surface area contributed by atoms with Gasteiger partial charge in [-0.1, -0.05) is 0 Å². The molecule has 0 radical (unpaired) electrons. The standard InChI is InChI=1S/C22H24N4O3S/c1-2-29-17-5-3-16(4-6-17)19(27)7-8-20(28)25-10-12-26(13-11-25)21-18-9-14-30-22(18)24-15-23-21/h3-6,9,14-15H,2,7-8,10-13H2,1H3. The van der Waals surface area contributed by atoms with Gasteiger partial charge in [0, 0.05) is 44.6 Å². The Balaban J connectivity index is 1.28. The van der Waals surface area contributed by atoms with E-state index in [1.54, 1.807) is 41.9 Å². The Morgan fingerprint density at radius 2 is 1.80 bits per heavy atom. The van der Waals surface area contributed by atoms with E-state index in [0.29, 0.717) is 25.3 Å². The fraction of sp³-hybridized carbons (Fsp3) is 0.364. The summed E-state index contributed by atoms with van der Waals surface area (Å²) in [6.45, 7) is 5.21. The van der Waals surface area contributed by atoms with E-state index in [9.17, 15) is 9.59 Å². The summed E-state index contributed by atoms with van der Waals surface area (Å²) in [6.07, 6.45) is 2.04. The number of hydrogen-bond donors (Lipinski definition) is 0. The Morgan fingerprint density at radius 3 is 2.53 bits per heavy atom. The van der Waals surface area contributed by atoms with Gasteiger partial charge in [-0.2, -0.15) is 0 Å². The Kier molecular flexibility index (Phi) is 6.23. The SMILES string of the molecule is CCOc1ccc(C(=O)CCC(=O)N2CCN(c3ncnc4sccc34)CC2)cc1. The number of piperazine rings is 1. The topological polar surface area (TPSA) is 75.6 Å². The Labute approximate surface area is 179 Å². The predicted molar refractivity (Wildman–Crippen MR) is 117 cm³/mol. The Hall–Kier alpha value is -3.00. The van der Waals surface area contributed by atoms with Gasteiger partial charge in [-0.3, -0.25) is 9.59 Å². The fourth-order valence-corrected chi connectivity index (χ4v) is 4.35. The third-order valence-corrected chi connectivity index (χ3v) is 6.05. The number of ether oxygens (including phenoxy) is 1. The maximum Gasteiger partial charge on any atom is 0.223 e. The first kappa shape index (κ1) is 20.3. The lowest BCUT2D eigenvalue weighted by Gasteiger charge is -2.35. The van der Waals surface area contributed by atoms with Crippen LogP contribution >= 0.6 is 11.3 Å². The van der Waals surface area contributed by atoms with E-state index in [1.807, 2.05) is 23.3 Å². The number of anilines is 1. The molecule has 1 aromatic carbocycles. The molecule has 0 spiro atoms. The van der Waals surface area contributed by atoms with Gasteiger partial charge in [0.25, 0.3) is 0 Å². The van der Waals surface area contributed by atoms with Gasteiger partial charge < -0.3 is 14.5 Å². The molecule has 30 heavy (non-hydrogen) atoms. The van der Waals surface area contributed by atoms with Crippen molar-refractivity contribution >= 4 is 39.1 Å². The fourth-order valence-electron chi connectivity index (χ4n) is 3.62. The molecule has 8 heteroatoms. The smallest absolute Gasteiger partial charge is 0.223 e. The maximum atomic E-state index is 12.6. The highest BCUT2D eigenvalue weighted by Gasteiger charge is 2.23. The van der Waals surface area contributed by atoms with Crippen molar-refractivity contribution in [3.63, 3.8) is 0 Å². The Bertz CT molecular complexity index is 1030. The van der Waals surface area contributed by atoms with Crippen molar-refractivity contribution in [1.82, 2.24) is 14.9 Å². The van der Waals surface area contributed by atoms with Crippen molar-refractivity contribution in [3.05, 3.63) is 47.6 Å². The zero-order chi connectivity index (χ0) is 20.9. The quantitative estimate of drug-likeness (QED) is 0.541. The summed E-state index contributed by atoms with van der Waals surface area (Å²) < 4.78 is 5.39. The van der Waals surface area contributed by atoms with Crippen LogP contribution in [0, 0.1) is 0 Å². The van der Waals surface area contributed by atoms with Crippen molar-refractivity contribution in [2.24, 2.45) is 0 Å². The van der Waals surface area contributed by atoms with Crippen LogP contribution in [-0.4, -0.2) is 59.3 Å². The molecule has 0 saturated carbocycles. The Morgan fingerprint density at radius 1 is 1.03 bits per heavy atom. The number of carbonyl (C=O) groups excluding carboxylic acids is 2. The molecule has 3 aromatic rings. The maximum absolute atomic E-state index is 12.6. The number of hydrogen-bond acceptors (Lipinski definition) is 7. The summed E-state index contributed by atoms with van der Waals surface area (Å²) in [5.74, 6) is 1.67. The number of ketones is 1. The van der Waals surface area contributed by atoms with Crippen LogP contribution in [0.1, 0.15) is 30.1 Å². The highest BCUT2D eigenvalue weighted by atomic mass is 32.1. The molecule has 1 aliphatic rings. The summed E-state index contributed by atoms with van der Waals surface area (Å²) in [6, 6.07) is 9.12. The van der Waals surface area contributed by atoms with Crippen molar-refractivity contribution < 1.29 is 14.3 Å². The van der Waals surface area contributed by atoms with Crippen molar-refractivity contribution in [2.45, 2.75) is 19.8 Å². The summed E-state index contributed by atoms with van der Waals surface area (Å²) in [7, 11) is 0. The minimum Gasteiger partial charge on any atom is -0.494 e. The van der Waals surface area contributed by atoms with Crippen molar-refractivity contribution in [2.75, 3.05) is 37.7 Å². The van der Waals surface area contributed by atoms with E-state index < -0.39 is 0 Å². The van der Waals surface area contributed by atoms with Gasteiger partial charge >= 0.3 is 0 Å². The van der Waals surface area contributed by atoms with E-state index in [0.717, 1.165) is 34.9 Å². The molecule has 0 N–H and O–H groups in total. The van der Waals surface area contributed by atoms with Crippen LogP contribution < -0.4 is 9.64 Å². The van der Waals surface area contributed by atoms with E-state index in [2.05, 4.69) is 14.9 Å². The highest BCUT2D eigenvalue weighted by Crippen LogP contribution is 2.27. The molecule has 1 aliphatic heterocycles. The molecule has 0 bridgehead atoms. The molecule has 1 saturated heterocycles. The number of carbonyl (C=O) groups is 2. The lowest BCUT2D eigenvalue weighted by Crippen LogP contribution is -2.49. The third-order valence-electron chi connectivity index (χ3n) is 5.23. The van der Waals surface area contributed by atoms with Gasteiger partial charge in [0.2, 0.25) is 5.91 Å². The molecule has 0 unspecified atom stereocenters. The zero-order valence-corrected chi connectivity index (χ0v) is 17.7. The second kappa shape index (κ2) is 9.21. The number of Topliss-reactive ketones (excluding diaryl/α,β-unsaturated/α-hetero) is 1. The third kappa shape index (κ3) is 4.43. The van der Waals surface area contributed by atoms with Gasteiger partial charge in [-0.25, -0.2) is 9.97 Å². The van der Waals surface area contributed by atoms with Gasteiger partial charge in [-0.05, 0) is 42.6 Å². The second-order valence-electron chi connectivity index (χ2n) is 7.09. The van der Waals surface area contributed by atoms with E-state index in [4.69, 9.17) is 4.74 Å². The van der Waals surface area contributed by atoms with E-state index in [1.165, 1.54) is 0 Å². The van der Waals surface area contributed by atoms with E-state index >= 15 is 0 Å². The first-order chi connectivity index (χ1) is 14.7. The van der Waals surface area contributed by atoms with Gasteiger partial charge in [-0.15, -0.1) is 11.3 Å². The van der Waals surface area contributed by atoms with E-state index in [-0.39, 0.29) is 24.5 Å². The minimum absolute atomic E-state index is 0.0223. The molecule has 1 fully saturated rings. The summed E-state index contributed by atoms with van der Waals surface area (Å²) in [5, 5.41) is 3.08. The second-order valence-corrected chi connectivity index (χ2v) is 7.98. The van der Waals surface area contributed by atoms with Gasteiger partial charge in [0.15, 0.2) is 5.78 Å². The number of aromatic nitrogens is 2. The average molecular weight is 425 g/mol. The number of amides is 1. The van der Waals surface area contributed by atoms with Crippen LogP contribution in [0.15, 0.2) is 42.0 Å². The summed E-state index contributed by atoms with van der Waals surface area (Å²) in [4.78, 5) is 38.8. The number of rotatable bonds is 7. The lowest BCUT2D eigenvalue weighted by molar-refractivity contribution is -0.131. The monoisotopic (exact) mass is 424 g/mol. The minimum atomic E-state index is -0.0223. The predicted octanol–water partition coefficient (Wildman–Crippen LogP) is 3.40. The van der Waals surface area contributed by atoms with Crippen molar-refractivity contribution in [1.29, 1.82) is 0 Å². The number of thiophene rings is 1. The summed E-state index contributed by atoms with van der Waals surface area (Å²) >= 11 is 1.60. The van der Waals surface area contributed by atoms with Gasteiger partial charge in [0.1, 0.15) is 22.7 Å². The molecule has 4 rings (SSSR count). The molecule has 156 valence electrons. The molecule has 7 nitrogen and oxygen atoms in total. The molecule has 0 aliphatic carbocycles. The van der Waals surface area contributed by atoms with Crippen LogP contribution in [0.25, 0.3) is 10.2 Å². The number of fused-ring (bicyclic) bond motifs is 1. The first-order valence-corrected chi connectivity index (χ1v) is 11.0. The summed E-state index contributed by atoms with van der Waals surface area (Å²) in [5.41, 5.74) is 0.611. The normalized spacial score (nSPS) is 14.2.